The molecule has 1 saturated heterocycles. The normalized spacial score (nSPS) is 14.7. The molecule has 8 nitrogen and oxygen atoms in total. The van der Waals surface area contributed by atoms with Crippen molar-refractivity contribution in [3.63, 3.8) is 0 Å². The Morgan fingerprint density at radius 2 is 2.00 bits per heavy atom. The van der Waals surface area contributed by atoms with Crippen LogP contribution in [0, 0.1) is 17.1 Å². The average molecular weight is 433 g/mol. The highest BCUT2D eigenvalue weighted by atomic mass is 32.2. The monoisotopic (exact) mass is 433 g/mol. The van der Waals surface area contributed by atoms with E-state index in [1.54, 1.807) is 6.92 Å². The maximum atomic E-state index is 14.4. The van der Waals surface area contributed by atoms with Crippen LogP contribution in [0.25, 0.3) is 0 Å². The number of rotatable bonds is 6. The van der Waals surface area contributed by atoms with Crippen molar-refractivity contribution in [2.75, 3.05) is 38.2 Å². The van der Waals surface area contributed by atoms with Crippen LogP contribution >= 0.6 is 0 Å². The van der Waals surface area contributed by atoms with Crippen molar-refractivity contribution >= 4 is 21.6 Å². The summed E-state index contributed by atoms with van der Waals surface area (Å²) in [5.41, 5.74) is 0.0220. The summed E-state index contributed by atoms with van der Waals surface area (Å²) in [6.07, 6.45) is 0. The van der Waals surface area contributed by atoms with E-state index in [9.17, 15) is 17.6 Å². The molecule has 30 heavy (non-hydrogen) atoms. The molecule has 158 valence electrons. The number of amides is 1. The lowest BCUT2D eigenvalue weighted by atomic mass is 10.1. The lowest BCUT2D eigenvalue weighted by Gasteiger charge is -2.26. The summed E-state index contributed by atoms with van der Waals surface area (Å²) in [5, 5.41) is 11.6. The first kappa shape index (κ1) is 21.7. The number of benzene rings is 2. The molecule has 1 aliphatic rings. The van der Waals surface area contributed by atoms with E-state index < -0.39 is 27.3 Å². The Morgan fingerprint density at radius 3 is 2.67 bits per heavy atom. The SMILES string of the molecule is CCOc1ccc(C#N)cc1NC(=O)c1cc(S(=O)(=O)N2CCOCC2)ccc1F. The zero-order chi connectivity index (χ0) is 21.7. The smallest absolute Gasteiger partial charge is 0.258 e. The van der Waals surface area contributed by atoms with Gasteiger partial charge in [0, 0.05) is 13.1 Å². The molecule has 1 heterocycles. The first-order chi connectivity index (χ1) is 14.4. The van der Waals surface area contributed by atoms with Crippen LogP contribution in [0.4, 0.5) is 10.1 Å². The van der Waals surface area contributed by atoms with Crippen LogP contribution in [0.2, 0.25) is 0 Å². The molecule has 1 N–H and O–H groups in total. The third-order valence-corrected chi connectivity index (χ3v) is 6.34. The Labute approximate surface area is 173 Å². The first-order valence-corrected chi connectivity index (χ1v) is 10.7. The highest BCUT2D eigenvalue weighted by Gasteiger charge is 2.28. The molecular formula is C20H20FN3O5S. The van der Waals surface area contributed by atoms with Crippen LogP contribution < -0.4 is 10.1 Å². The van der Waals surface area contributed by atoms with Crippen LogP contribution in [-0.2, 0) is 14.8 Å². The number of nitrogens with one attached hydrogen (secondary N) is 1. The zero-order valence-electron chi connectivity index (χ0n) is 16.2. The van der Waals surface area contributed by atoms with Crippen LogP contribution in [-0.4, -0.2) is 51.5 Å². The molecule has 2 aromatic carbocycles. The lowest BCUT2D eigenvalue weighted by Crippen LogP contribution is -2.40. The van der Waals surface area contributed by atoms with E-state index in [0.717, 1.165) is 18.2 Å². The number of carbonyl (C=O) groups is 1. The van der Waals surface area contributed by atoms with Gasteiger partial charge in [-0.3, -0.25) is 4.79 Å². The lowest BCUT2D eigenvalue weighted by molar-refractivity contribution is 0.0730. The van der Waals surface area contributed by atoms with Crippen molar-refractivity contribution in [1.82, 2.24) is 4.31 Å². The summed E-state index contributed by atoms with van der Waals surface area (Å²) < 4.78 is 51.8. The summed E-state index contributed by atoms with van der Waals surface area (Å²) in [7, 11) is -3.90. The fraction of sp³-hybridized carbons (Fsp3) is 0.300. The Bertz CT molecular complexity index is 1090. The van der Waals surface area contributed by atoms with Gasteiger partial charge in [-0.15, -0.1) is 0 Å². The van der Waals surface area contributed by atoms with Gasteiger partial charge >= 0.3 is 0 Å². The van der Waals surface area contributed by atoms with E-state index >= 15 is 0 Å². The first-order valence-electron chi connectivity index (χ1n) is 9.22. The standard InChI is InChI=1S/C20H20FN3O5S/c1-2-29-19-6-3-14(13-22)11-18(19)23-20(25)16-12-15(4-5-17(16)21)30(26,27)24-7-9-28-10-8-24/h3-6,11-12H,2,7-10H2,1H3,(H,23,25). The van der Waals surface area contributed by atoms with Crippen molar-refractivity contribution in [3.05, 3.63) is 53.3 Å². The third-order valence-electron chi connectivity index (χ3n) is 4.45. The predicted octanol–water partition coefficient (Wildman–Crippen LogP) is 2.37. The summed E-state index contributed by atoms with van der Waals surface area (Å²) >= 11 is 0. The van der Waals surface area contributed by atoms with E-state index in [0.29, 0.717) is 12.4 Å². The Morgan fingerprint density at radius 1 is 1.27 bits per heavy atom. The molecule has 1 amide bonds. The molecular weight excluding hydrogens is 413 g/mol. The van der Waals surface area contributed by atoms with E-state index in [2.05, 4.69) is 5.32 Å². The molecule has 0 unspecified atom stereocenters. The highest BCUT2D eigenvalue weighted by Crippen LogP contribution is 2.27. The number of nitrogens with zero attached hydrogens (tertiary/aromatic N) is 2. The molecule has 0 spiro atoms. The van der Waals surface area contributed by atoms with Crippen molar-refractivity contribution in [2.45, 2.75) is 11.8 Å². The van der Waals surface area contributed by atoms with Crippen molar-refractivity contribution in [2.24, 2.45) is 0 Å². The molecule has 1 aliphatic heterocycles. The van der Waals surface area contributed by atoms with Crippen LogP contribution in [0.1, 0.15) is 22.8 Å². The molecule has 0 aromatic heterocycles. The van der Waals surface area contributed by atoms with Gasteiger partial charge in [0.2, 0.25) is 10.0 Å². The quantitative estimate of drug-likeness (QED) is 0.749. The molecule has 0 aliphatic carbocycles. The maximum Gasteiger partial charge on any atom is 0.258 e. The number of halogens is 1. The van der Waals surface area contributed by atoms with Gasteiger partial charge in [-0.25, -0.2) is 12.8 Å². The number of ether oxygens (including phenoxy) is 2. The minimum absolute atomic E-state index is 0.180. The predicted molar refractivity (Wildman–Crippen MR) is 106 cm³/mol. The van der Waals surface area contributed by atoms with E-state index in [4.69, 9.17) is 14.7 Å². The Balaban J connectivity index is 1.92. The Hall–Kier alpha value is -3.00. The molecule has 2 aromatic rings. The van der Waals surface area contributed by atoms with Gasteiger partial charge in [-0.05, 0) is 43.3 Å². The fourth-order valence-electron chi connectivity index (χ4n) is 2.94. The Kier molecular flexibility index (Phi) is 6.66. The van der Waals surface area contributed by atoms with Crippen molar-refractivity contribution in [1.29, 1.82) is 5.26 Å². The van der Waals surface area contributed by atoms with Gasteiger partial charge < -0.3 is 14.8 Å². The van der Waals surface area contributed by atoms with Gasteiger partial charge in [0.05, 0.1) is 47.6 Å². The summed E-state index contributed by atoms with van der Waals surface area (Å²) in [4.78, 5) is 12.5. The highest BCUT2D eigenvalue weighted by molar-refractivity contribution is 7.89. The molecule has 3 rings (SSSR count). The van der Waals surface area contributed by atoms with Gasteiger partial charge in [-0.1, -0.05) is 0 Å². The van der Waals surface area contributed by atoms with Gasteiger partial charge in [0.1, 0.15) is 11.6 Å². The average Bonchev–Trinajstić information content (AvgIpc) is 2.75. The molecule has 10 heteroatoms. The van der Waals surface area contributed by atoms with E-state index in [1.165, 1.54) is 22.5 Å². The summed E-state index contributed by atoms with van der Waals surface area (Å²) in [6.45, 7) is 2.96. The molecule has 0 atom stereocenters. The van der Waals surface area contributed by atoms with Gasteiger partial charge in [0.25, 0.3) is 5.91 Å². The van der Waals surface area contributed by atoms with Gasteiger partial charge in [0.15, 0.2) is 0 Å². The third kappa shape index (κ3) is 4.59. The second-order valence-corrected chi connectivity index (χ2v) is 8.31. The zero-order valence-corrected chi connectivity index (χ0v) is 17.0. The van der Waals surface area contributed by atoms with Crippen LogP contribution in [0.3, 0.4) is 0 Å². The number of morpholine rings is 1. The maximum absolute atomic E-state index is 14.4. The van der Waals surface area contributed by atoms with Crippen LogP contribution in [0.15, 0.2) is 41.3 Å². The molecule has 0 bridgehead atoms. The summed E-state index contributed by atoms with van der Waals surface area (Å²) in [6, 6.07) is 9.46. The number of hydrogen-bond donors (Lipinski definition) is 1. The second-order valence-electron chi connectivity index (χ2n) is 6.37. The fourth-order valence-corrected chi connectivity index (χ4v) is 4.38. The number of anilines is 1. The molecule has 0 radical (unpaired) electrons. The van der Waals surface area contributed by atoms with Crippen LogP contribution in [0.5, 0.6) is 5.75 Å². The number of sulfonamides is 1. The van der Waals surface area contributed by atoms with E-state index in [1.807, 2.05) is 6.07 Å². The number of nitriles is 1. The topological polar surface area (TPSA) is 109 Å². The number of hydrogen-bond acceptors (Lipinski definition) is 6. The minimum Gasteiger partial charge on any atom is -0.492 e. The summed E-state index contributed by atoms with van der Waals surface area (Å²) in [5.74, 6) is -1.42. The number of carbonyl (C=O) groups excluding carboxylic acids is 1. The van der Waals surface area contributed by atoms with E-state index in [-0.39, 0.29) is 42.4 Å². The van der Waals surface area contributed by atoms with Crippen molar-refractivity contribution < 1.29 is 27.1 Å². The van der Waals surface area contributed by atoms with Crippen molar-refractivity contribution in [3.8, 4) is 11.8 Å². The second kappa shape index (κ2) is 9.21. The largest absolute Gasteiger partial charge is 0.492 e. The van der Waals surface area contributed by atoms with Gasteiger partial charge in [-0.2, -0.15) is 9.57 Å². The minimum atomic E-state index is -3.90. The molecule has 0 saturated carbocycles. The molecule has 1 fully saturated rings.